The minimum Gasteiger partial charge on any atom is -0.394 e. The molecule has 17 heavy (non-hydrogen) atoms. The summed E-state index contributed by atoms with van der Waals surface area (Å²) in [7, 11) is 0. The van der Waals surface area contributed by atoms with Crippen molar-refractivity contribution in [3.63, 3.8) is 0 Å². The van der Waals surface area contributed by atoms with Crippen LogP contribution < -0.4 is 5.73 Å². The van der Waals surface area contributed by atoms with Crippen molar-refractivity contribution in [1.82, 2.24) is 9.78 Å². The lowest BCUT2D eigenvalue weighted by molar-refractivity contribution is -0.137. The lowest BCUT2D eigenvalue weighted by atomic mass is 10.1. The quantitative estimate of drug-likeness (QED) is 0.842. The third kappa shape index (κ3) is 2.61. The number of rotatable bonds is 4. The zero-order valence-corrected chi connectivity index (χ0v) is 9.06. The number of hydrogen-bond donors (Lipinski definition) is 2. The number of alkyl halides is 3. The first-order valence-corrected chi connectivity index (χ1v) is 5.41. The summed E-state index contributed by atoms with van der Waals surface area (Å²) in [4.78, 5) is 0. The molecule has 7 heteroatoms. The lowest BCUT2D eigenvalue weighted by Crippen LogP contribution is -2.36. The zero-order valence-electron chi connectivity index (χ0n) is 9.06. The third-order valence-corrected chi connectivity index (χ3v) is 3.07. The standard InChI is InChI=1S/C10H14F3N3O/c11-10(12,13)7-3-15-16(4-7)8(5-17)9(14)6-1-2-6/h3-4,6,8-9,17H,1-2,5,14H2. The zero-order chi connectivity index (χ0) is 12.6. The van der Waals surface area contributed by atoms with E-state index < -0.39 is 17.8 Å². The Bertz CT molecular complexity index is 386. The van der Waals surface area contributed by atoms with Crippen LogP contribution in [0.25, 0.3) is 0 Å². The molecule has 0 saturated heterocycles. The minimum absolute atomic E-state index is 0.283. The molecule has 0 radical (unpaired) electrons. The highest BCUT2D eigenvalue weighted by molar-refractivity contribution is 5.09. The molecule has 0 bridgehead atoms. The highest BCUT2D eigenvalue weighted by Gasteiger charge is 2.37. The van der Waals surface area contributed by atoms with Crippen LogP contribution in [0.3, 0.4) is 0 Å². The van der Waals surface area contributed by atoms with Crippen LogP contribution in [0, 0.1) is 5.92 Å². The summed E-state index contributed by atoms with van der Waals surface area (Å²) < 4.78 is 38.3. The Morgan fingerprint density at radius 1 is 1.53 bits per heavy atom. The molecule has 0 aromatic carbocycles. The first-order chi connectivity index (χ1) is 7.93. The van der Waals surface area contributed by atoms with E-state index in [-0.39, 0.29) is 18.6 Å². The Morgan fingerprint density at radius 2 is 2.18 bits per heavy atom. The third-order valence-electron chi connectivity index (χ3n) is 3.07. The summed E-state index contributed by atoms with van der Waals surface area (Å²) in [5.41, 5.74) is 5.06. The van der Waals surface area contributed by atoms with E-state index in [0.29, 0.717) is 0 Å². The normalized spacial score (nSPS) is 20.3. The molecule has 4 nitrogen and oxygen atoms in total. The van der Waals surface area contributed by atoms with Crippen molar-refractivity contribution < 1.29 is 18.3 Å². The Hall–Kier alpha value is -1.08. The molecule has 96 valence electrons. The summed E-state index contributed by atoms with van der Waals surface area (Å²) in [6.07, 6.45) is -0.844. The fourth-order valence-electron chi connectivity index (χ4n) is 1.84. The molecule has 1 aliphatic rings. The van der Waals surface area contributed by atoms with Gasteiger partial charge in [-0.1, -0.05) is 0 Å². The van der Waals surface area contributed by atoms with Crippen molar-refractivity contribution in [2.24, 2.45) is 11.7 Å². The minimum atomic E-state index is -4.41. The van der Waals surface area contributed by atoms with Gasteiger partial charge in [0.25, 0.3) is 0 Å². The average Bonchev–Trinajstić information content (AvgIpc) is 2.97. The van der Waals surface area contributed by atoms with Crippen LogP contribution in [0.4, 0.5) is 13.2 Å². The summed E-state index contributed by atoms with van der Waals surface area (Å²) in [6, 6.07) is -0.931. The molecule has 0 aliphatic heterocycles. The Labute approximate surface area is 96.2 Å². The van der Waals surface area contributed by atoms with E-state index >= 15 is 0 Å². The fraction of sp³-hybridized carbons (Fsp3) is 0.700. The Kier molecular flexibility index (Phi) is 3.13. The summed E-state index contributed by atoms with van der Waals surface area (Å²) in [6.45, 7) is -0.309. The van der Waals surface area contributed by atoms with Gasteiger partial charge in [0.05, 0.1) is 24.4 Å². The molecule has 1 heterocycles. The van der Waals surface area contributed by atoms with Crippen LogP contribution >= 0.6 is 0 Å². The van der Waals surface area contributed by atoms with Crippen LogP contribution in [0.1, 0.15) is 24.4 Å². The maximum atomic E-state index is 12.4. The number of aliphatic hydroxyl groups excluding tert-OH is 1. The number of nitrogens with two attached hydrogens (primary N) is 1. The van der Waals surface area contributed by atoms with Crippen molar-refractivity contribution in [2.45, 2.75) is 31.1 Å². The van der Waals surface area contributed by atoms with Gasteiger partial charge in [0.15, 0.2) is 0 Å². The molecule has 1 fully saturated rings. The molecule has 2 atom stereocenters. The second kappa shape index (κ2) is 4.30. The van der Waals surface area contributed by atoms with Gasteiger partial charge in [0.2, 0.25) is 0 Å². The molecule has 3 N–H and O–H groups in total. The molecule has 0 spiro atoms. The van der Waals surface area contributed by atoms with Crippen molar-refractivity contribution in [2.75, 3.05) is 6.61 Å². The van der Waals surface area contributed by atoms with Gasteiger partial charge in [0.1, 0.15) is 0 Å². The highest BCUT2D eigenvalue weighted by atomic mass is 19.4. The number of halogens is 3. The van der Waals surface area contributed by atoms with E-state index in [4.69, 9.17) is 5.73 Å². The monoisotopic (exact) mass is 249 g/mol. The van der Waals surface area contributed by atoms with Gasteiger partial charge in [-0.25, -0.2) is 0 Å². The smallest absolute Gasteiger partial charge is 0.394 e. The molecular weight excluding hydrogens is 235 g/mol. The van der Waals surface area contributed by atoms with Gasteiger partial charge >= 0.3 is 6.18 Å². The van der Waals surface area contributed by atoms with Gasteiger partial charge in [-0.15, -0.1) is 0 Å². The van der Waals surface area contributed by atoms with E-state index in [9.17, 15) is 18.3 Å². The predicted octanol–water partition coefficient (Wildman–Crippen LogP) is 1.17. The first-order valence-electron chi connectivity index (χ1n) is 5.41. The summed E-state index contributed by atoms with van der Waals surface area (Å²) in [5, 5.41) is 12.9. The van der Waals surface area contributed by atoms with E-state index in [1.54, 1.807) is 0 Å². The van der Waals surface area contributed by atoms with Crippen LogP contribution in [0.2, 0.25) is 0 Å². The fourth-order valence-corrected chi connectivity index (χ4v) is 1.84. The highest BCUT2D eigenvalue weighted by Crippen LogP contribution is 2.36. The second-order valence-corrected chi connectivity index (χ2v) is 4.37. The van der Waals surface area contributed by atoms with Crippen molar-refractivity contribution in [1.29, 1.82) is 0 Å². The van der Waals surface area contributed by atoms with Crippen LogP contribution in [0.5, 0.6) is 0 Å². The van der Waals surface area contributed by atoms with Crippen molar-refractivity contribution >= 4 is 0 Å². The Morgan fingerprint density at radius 3 is 2.59 bits per heavy atom. The molecule has 1 aliphatic carbocycles. The number of aromatic nitrogens is 2. The molecular formula is C10H14F3N3O. The molecule has 1 saturated carbocycles. The van der Waals surface area contributed by atoms with Crippen LogP contribution in [-0.4, -0.2) is 27.5 Å². The van der Waals surface area contributed by atoms with Crippen molar-refractivity contribution in [3.05, 3.63) is 18.0 Å². The number of aliphatic hydroxyl groups is 1. The number of nitrogens with zero attached hydrogens (tertiary/aromatic N) is 2. The van der Waals surface area contributed by atoms with Gasteiger partial charge in [-0.3, -0.25) is 4.68 Å². The molecule has 1 aromatic heterocycles. The van der Waals surface area contributed by atoms with E-state index in [1.165, 1.54) is 0 Å². The average molecular weight is 249 g/mol. The topological polar surface area (TPSA) is 64.1 Å². The largest absolute Gasteiger partial charge is 0.419 e. The van der Waals surface area contributed by atoms with Crippen LogP contribution in [-0.2, 0) is 6.18 Å². The van der Waals surface area contributed by atoms with Crippen LogP contribution in [0.15, 0.2) is 12.4 Å². The first kappa shape index (κ1) is 12.4. The van der Waals surface area contributed by atoms with E-state index in [1.807, 2.05) is 0 Å². The lowest BCUT2D eigenvalue weighted by Gasteiger charge is -2.22. The second-order valence-electron chi connectivity index (χ2n) is 4.37. The maximum absolute atomic E-state index is 12.4. The van der Waals surface area contributed by atoms with Gasteiger partial charge in [-0.05, 0) is 18.8 Å². The summed E-state index contributed by atoms with van der Waals surface area (Å²) >= 11 is 0. The molecule has 1 aromatic rings. The molecule has 2 rings (SSSR count). The van der Waals surface area contributed by atoms with Gasteiger partial charge in [0, 0.05) is 12.2 Å². The predicted molar refractivity (Wildman–Crippen MR) is 54.1 cm³/mol. The van der Waals surface area contributed by atoms with Crippen molar-refractivity contribution in [3.8, 4) is 0 Å². The van der Waals surface area contributed by atoms with E-state index in [2.05, 4.69) is 5.10 Å². The van der Waals surface area contributed by atoms with E-state index in [0.717, 1.165) is 29.9 Å². The van der Waals surface area contributed by atoms with Gasteiger partial charge in [-0.2, -0.15) is 18.3 Å². The Balaban J connectivity index is 2.16. The maximum Gasteiger partial charge on any atom is 0.419 e. The number of hydrogen-bond acceptors (Lipinski definition) is 3. The summed E-state index contributed by atoms with van der Waals surface area (Å²) in [5.74, 6) is 0.283. The van der Waals surface area contributed by atoms with Gasteiger partial charge < -0.3 is 10.8 Å². The molecule has 0 amide bonds. The SMILES string of the molecule is NC(C1CC1)C(CO)n1cc(C(F)(F)F)cn1. The molecule has 2 unspecified atom stereocenters.